The Morgan fingerprint density at radius 3 is 2.89 bits per heavy atom. The largest absolute Gasteiger partial charge is 0.354 e. The first-order valence-corrected chi connectivity index (χ1v) is 6.70. The zero-order valence-electron chi connectivity index (χ0n) is 10.3. The molecule has 0 spiro atoms. The summed E-state index contributed by atoms with van der Waals surface area (Å²) in [6.45, 7) is 6.36. The van der Waals surface area contributed by atoms with E-state index in [4.69, 9.17) is 0 Å². The zero-order chi connectivity index (χ0) is 12.9. The summed E-state index contributed by atoms with van der Waals surface area (Å²) in [5.74, 6) is 0.359. The van der Waals surface area contributed by atoms with Gasteiger partial charge in [0.1, 0.15) is 10.1 Å². The topological polar surface area (TPSA) is 33.4 Å². The summed E-state index contributed by atoms with van der Waals surface area (Å²) >= 11 is 3.28. The van der Waals surface area contributed by atoms with Gasteiger partial charge in [0.15, 0.2) is 5.82 Å². The van der Waals surface area contributed by atoms with E-state index in [1.54, 1.807) is 6.07 Å². The average Bonchev–Trinajstić information content (AvgIpc) is 2.82. The summed E-state index contributed by atoms with van der Waals surface area (Å²) in [6.07, 6.45) is 2.35. The molecule has 0 unspecified atom stereocenters. The minimum Gasteiger partial charge on any atom is -0.354 e. The van der Waals surface area contributed by atoms with Gasteiger partial charge in [-0.1, -0.05) is 13.8 Å². The first-order chi connectivity index (χ1) is 8.46. The van der Waals surface area contributed by atoms with Gasteiger partial charge in [0.25, 0.3) is 0 Å². The van der Waals surface area contributed by atoms with Crippen molar-refractivity contribution in [2.24, 2.45) is 5.41 Å². The van der Waals surface area contributed by atoms with E-state index in [0.29, 0.717) is 10.1 Å². The van der Waals surface area contributed by atoms with Gasteiger partial charge in [0, 0.05) is 19.2 Å². The Labute approximate surface area is 113 Å². The molecular weight excluding hydrogens is 299 g/mol. The minimum absolute atomic E-state index is 0.282. The van der Waals surface area contributed by atoms with E-state index < -0.39 is 5.95 Å². The van der Waals surface area contributed by atoms with Gasteiger partial charge in [-0.3, -0.25) is 0 Å². The number of hydrogen-bond acceptors (Lipinski definition) is 3. The number of aromatic nitrogens is 3. The smallest absolute Gasteiger partial charge is 0.233 e. The van der Waals surface area contributed by atoms with Crippen LogP contribution in [-0.4, -0.2) is 27.7 Å². The molecule has 2 aromatic heterocycles. The molecule has 0 bridgehead atoms. The van der Waals surface area contributed by atoms with Crippen molar-refractivity contribution in [2.45, 2.75) is 20.3 Å². The van der Waals surface area contributed by atoms with Crippen LogP contribution in [-0.2, 0) is 0 Å². The molecule has 3 heterocycles. The molecule has 3 rings (SSSR count). The third-order valence-corrected chi connectivity index (χ3v) is 3.77. The number of anilines is 1. The van der Waals surface area contributed by atoms with E-state index in [1.165, 1.54) is 10.7 Å². The van der Waals surface area contributed by atoms with Crippen LogP contribution in [0.1, 0.15) is 20.3 Å². The highest BCUT2D eigenvalue weighted by molar-refractivity contribution is 9.10. The van der Waals surface area contributed by atoms with Crippen LogP contribution in [0.5, 0.6) is 0 Å². The van der Waals surface area contributed by atoms with Crippen molar-refractivity contribution in [3.05, 3.63) is 22.8 Å². The first kappa shape index (κ1) is 11.9. The highest BCUT2D eigenvalue weighted by Gasteiger charge is 2.31. The number of halogens is 2. The first-order valence-electron chi connectivity index (χ1n) is 5.91. The number of fused-ring (bicyclic) bond motifs is 1. The molecule has 96 valence electrons. The van der Waals surface area contributed by atoms with E-state index >= 15 is 0 Å². The fourth-order valence-corrected chi connectivity index (χ4v) is 2.82. The van der Waals surface area contributed by atoms with Gasteiger partial charge in [0.05, 0.1) is 6.20 Å². The fourth-order valence-electron chi connectivity index (χ4n) is 2.45. The Kier molecular flexibility index (Phi) is 2.59. The second kappa shape index (κ2) is 3.91. The third kappa shape index (κ3) is 1.88. The van der Waals surface area contributed by atoms with Gasteiger partial charge in [-0.15, -0.1) is 0 Å². The Bertz CT molecular complexity index is 607. The Morgan fingerprint density at radius 2 is 2.22 bits per heavy atom. The monoisotopic (exact) mass is 312 g/mol. The summed E-state index contributed by atoms with van der Waals surface area (Å²) in [5.41, 5.74) is 0.990. The van der Waals surface area contributed by atoms with Crippen LogP contribution in [0, 0.1) is 11.4 Å². The van der Waals surface area contributed by atoms with Crippen molar-refractivity contribution in [2.75, 3.05) is 18.0 Å². The molecule has 6 heteroatoms. The minimum atomic E-state index is -0.446. The van der Waals surface area contributed by atoms with E-state index in [0.717, 1.165) is 25.3 Å². The molecule has 18 heavy (non-hydrogen) atoms. The molecule has 1 aliphatic heterocycles. The number of hydrogen-bond donors (Lipinski definition) is 0. The molecule has 1 saturated heterocycles. The quantitative estimate of drug-likeness (QED) is 0.812. The van der Waals surface area contributed by atoms with Gasteiger partial charge < -0.3 is 4.90 Å². The van der Waals surface area contributed by atoms with Crippen molar-refractivity contribution >= 4 is 27.3 Å². The maximum Gasteiger partial charge on any atom is 0.233 e. The standard InChI is InChI=1S/C12H14BrFN4/c1-12(2)3-4-17(7-12)11-8-5-9(13)16-18(8)10(14)6-15-11/h5-6H,3-4,7H2,1-2H3. The molecular formula is C12H14BrFN4. The number of rotatable bonds is 1. The molecule has 2 aromatic rings. The predicted octanol–water partition coefficient (Wildman–Crippen LogP) is 2.87. The van der Waals surface area contributed by atoms with Crippen molar-refractivity contribution in [1.82, 2.24) is 14.6 Å². The van der Waals surface area contributed by atoms with Crippen LogP contribution in [0.4, 0.5) is 10.2 Å². The fraction of sp³-hybridized carbons (Fsp3) is 0.500. The van der Waals surface area contributed by atoms with Crippen LogP contribution in [0.25, 0.3) is 5.52 Å². The Morgan fingerprint density at radius 1 is 1.44 bits per heavy atom. The van der Waals surface area contributed by atoms with Gasteiger partial charge in [-0.05, 0) is 27.8 Å². The molecule has 0 aromatic carbocycles. The van der Waals surface area contributed by atoms with Crippen LogP contribution in [0.15, 0.2) is 16.9 Å². The molecule has 0 amide bonds. The van der Waals surface area contributed by atoms with Gasteiger partial charge >= 0.3 is 0 Å². The highest BCUT2D eigenvalue weighted by Crippen LogP contribution is 2.33. The van der Waals surface area contributed by atoms with E-state index in [1.807, 2.05) is 0 Å². The highest BCUT2D eigenvalue weighted by atomic mass is 79.9. The van der Waals surface area contributed by atoms with Gasteiger partial charge in [-0.25, -0.2) is 9.50 Å². The van der Waals surface area contributed by atoms with E-state index in [-0.39, 0.29) is 5.41 Å². The van der Waals surface area contributed by atoms with Crippen LogP contribution in [0.3, 0.4) is 0 Å². The molecule has 0 N–H and O–H groups in total. The van der Waals surface area contributed by atoms with Crippen molar-refractivity contribution in [3.8, 4) is 0 Å². The second-order valence-electron chi connectivity index (χ2n) is 5.50. The molecule has 1 aliphatic rings. The van der Waals surface area contributed by atoms with Crippen LogP contribution >= 0.6 is 15.9 Å². The summed E-state index contributed by atoms with van der Waals surface area (Å²) in [5, 5.41) is 4.07. The molecule has 1 fully saturated rings. The molecule has 0 aliphatic carbocycles. The molecule has 0 radical (unpaired) electrons. The molecule has 0 saturated carbocycles. The zero-order valence-corrected chi connectivity index (χ0v) is 11.9. The maximum atomic E-state index is 13.6. The van der Waals surface area contributed by atoms with Crippen molar-refractivity contribution in [3.63, 3.8) is 0 Å². The van der Waals surface area contributed by atoms with Gasteiger partial charge in [-0.2, -0.15) is 9.49 Å². The van der Waals surface area contributed by atoms with Gasteiger partial charge in [0.2, 0.25) is 5.95 Å². The van der Waals surface area contributed by atoms with Crippen molar-refractivity contribution in [1.29, 1.82) is 0 Å². The molecule has 0 atom stereocenters. The number of nitrogens with zero attached hydrogens (tertiary/aromatic N) is 4. The lowest BCUT2D eigenvalue weighted by Gasteiger charge is -2.21. The van der Waals surface area contributed by atoms with Crippen LogP contribution in [0.2, 0.25) is 0 Å². The summed E-state index contributed by atoms with van der Waals surface area (Å²) in [6, 6.07) is 1.80. The maximum absolute atomic E-state index is 13.6. The van der Waals surface area contributed by atoms with Crippen molar-refractivity contribution < 1.29 is 4.39 Å². The Hall–Kier alpha value is -1.17. The van der Waals surface area contributed by atoms with E-state index in [9.17, 15) is 4.39 Å². The Balaban J connectivity index is 2.10. The lowest BCUT2D eigenvalue weighted by molar-refractivity contribution is 0.418. The lowest BCUT2D eigenvalue weighted by Crippen LogP contribution is -2.24. The summed E-state index contributed by atoms with van der Waals surface area (Å²) < 4.78 is 15.5. The second-order valence-corrected chi connectivity index (χ2v) is 6.32. The third-order valence-electron chi connectivity index (χ3n) is 3.38. The average molecular weight is 313 g/mol. The summed E-state index contributed by atoms with van der Waals surface area (Å²) in [4.78, 5) is 6.43. The van der Waals surface area contributed by atoms with E-state index in [2.05, 4.69) is 44.8 Å². The SMILES string of the molecule is CC1(C)CCN(c2ncc(F)n3nc(Br)cc23)C1. The lowest BCUT2D eigenvalue weighted by atomic mass is 9.93. The molecule has 4 nitrogen and oxygen atoms in total. The normalized spacial score (nSPS) is 18.8. The predicted molar refractivity (Wildman–Crippen MR) is 71.3 cm³/mol. The van der Waals surface area contributed by atoms with Crippen LogP contribution < -0.4 is 4.90 Å². The summed E-state index contributed by atoms with van der Waals surface area (Å²) in [7, 11) is 0.